The van der Waals surface area contributed by atoms with E-state index >= 15 is 0 Å². The number of methoxy groups -OCH3 is 1. The van der Waals surface area contributed by atoms with E-state index in [0.29, 0.717) is 11.8 Å². The minimum atomic E-state index is -0.318. The van der Waals surface area contributed by atoms with Gasteiger partial charge in [0.25, 0.3) is 0 Å². The lowest BCUT2D eigenvalue weighted by molar-refractivity contribution is -0.147. The molecular weight excluding hydrogens is 224 g/mol. The Morgan fingerprint density at radius 3 is 2.67 bits per heavy atom. The van der Waals surface area contributed by atoms with E-state index in [1.165, 1.54) is 12.7 Å². The molecule has 0 spiro atoms. The van der Waals surface area contributed by atoms with Gasteiger partial charge < -0.3 is 4.74 Å². The van der Waals surface area contributed by atoms with Crippen LogP contribution in [0, 0.1) is 17.3 Å². The standard InChI is InChI=1S/C16H20O2/c1-12-14(16(12,2)15(17)18-3)11-7-10-13-8-5-4-6-9-13/h4-9,11-12,14H,10H2,1-3H3/b11-7-. The van der Waals surface area contributed by atoms with Crippen LogP contribution in [0.1, 0.15) is 19.4 Å². The van der Waals surface area contributed by atoms with Crippen molar-refractivity contribution in [2.24, 2.45) is 17.3 Å². The predicted molar refractivity (Wildman–Crippen MR) is 72.1 cm³/mol. The molecule has 1 saturated carbocycles. The van der Waals surface area contributed by atoms with Gasteiger partial charge in [-0.25, -0.2) is 0 Å². The summed E-state index contributed by atoms with van der Waals surface area (Å²) >= 11 is 0. The van der Waals surface area contributed by atoms with Gasteiger partial charge >= 0.3 is 5.97 Å². The van der Waals surface area contributed by atoms with Gasteiger partial charge in [0, 0.05) is 0 Å². The highest BCUT2D eigenvalue weighted by Gasteiger charge is 2.63. The van der Waals surface area contributed by atoms with Gasteiger partial charge in [0.15, 0.2) is 0 Å². The maximum absolute atomic E-state index is 11.7. The van der Waals surface area contributed by atoms with Crippen LogP contribution >= 0.6 is 0 Å². The molecule has 1 aliphatic carbocycles. The number of hydrogen-bond donors (Lipinski definition) is 0. The number of carbonyl (C=O) groups is 1. The van der Waals surface area contributed by atoms with Gasteiger partial charge in [-0.05, 0) is 30.7 Å². The van der Waals surface area contributed by atoms with Gasteiger partial charge in [0.1, 0.15) is 0 Å². The summed E-state index contributed by atoms with van der Waals surface area (Å²) in [6, 6.07) is 10.3. The van der Waals surface area contributed by atoms with Crippen LogP contribution in [0.5, 0.6) is 0 Å². The number of benzene rings is 1. The molecule has 3 unspecified atom stereocenters. The molecule has 96 valence electrons. The zero-order valence-electron chi connectivity index (χ0n) is 11.2. The van der Waals surface area contributed by atoms with Gasteiger partial charge in [0.2, 0.25) is 0 Å². The lowest BCUT2D eigenvalue weighted by Gasteiger charge is -2.06. The van der Waals surface area contributed by atoms with E-state index < -0.39 is 0 Å². The fraction of sp³-hybridized carbons (Fsp3) is 0.438. The lowest BCUT2D eigenvalue weighted by atomic mass is 10.1. The van der Waals surface area contributed by atoms with E-state index in [0.717, 1.165) is 6.42 Å². The number of rotatable bonds is 4. The third-order valence-corrected chi connectivity index (χ3v) is 4.23. The first-order valence-corrected chi connectivity index (χ1v) is 6.39. The van der Waals surface area contributed by atoms with Crippen molar-refractivity contribution in [2.75, 3.05) is 7.11 Å². The van der Waals surface area contributed by atoms with E-state index in [-0.39, 0.29) is 11.4 Å². The SMILES string of the molecule is COC(=O)C1(C)C(C)C1/C=C\Cc1ccccc1. The Kier molecular flexibility index (Phi) is 3.55. The van der Waals surface area contributed by atoms with Crippen LogP contribution in [-0.4, -0.2) is 13.1 Å². The molecule has 0 N–H and O–H groups in total. The van der Waals surface area contributed by atoms with Crippen LogP contribution < -0.4 is 0 Å². The van der Waals surface area contributed by atoms with E-state index in [9.17, 15) is 4.79 Å². The van der Waals surface area contributed by atoms with Crippen molar-refractivity contribution in [3.63, 3.8) is 0 Å². The van der Waals surface area contributed by atoms with E-state index in [2.05, 4.69) is 31.2 Å². The molecule has 0 aliphatic heterocycles. The summed E-state index contributed by atoms with van der Waals surface area (Å²) in [4.78, 5) is 11.7. The maximum Gasteiger partial charge on any atom is 0.312 e. The van der Waals surface area contributed by atoms with Gasteiger partial charge in [-0.2, -0.15) is 0 Å². The summed E-state index contributed by atoms with van der Waals surface area (Å²) in [5.74, 6) is 0.593. The monoisotopic (exact) mass is 244 g/mol. The average molecular weight is 244 g/mol. The summed E-state index contributed by atoms with van der Waals surface area (Å²) in [5, 5.41) is 0. The van der Waals surface area contributed by atoms with Crippen molar-refractivity contribution in [2.45, 2.75) is 20.3 Å². The molecule has 2 nitrogen and oxygen atoms in total. The van der Waals surface area contributed by atoms with Crippen molar-refractivity contribution in [3.05, 3.63) is 48.0 Å². The van der Waals surface area contributed by atoms with Crippen molar-refractivity contribution in [3.8, 4) is 0 Å². The molecule has 1 aromatic carbocycles. The minimum Gasteiger partial charge on any atom is -0.469 e. The molecule has 18 heavy (non-hydrogen) atoms. The van der Waals surface area contributed by atoms with Crippen LogP contribution in [0.2, 0.25) is 0 Å². The first-order chi connectivity index (χ1) is 8.60. The van der Waals surface area contributed by atoms with Crippen LogP contribution in [0.4, 0.5) is 0 Å². The Labute approximate surface area is 109 Å². The Balaban J connectivity index is 1.94. The zero-order valence-corrected chi connectivity index (χ0v) is 11.2. The summed E-state index contributed by atoms with van der Waals surface area (Å²) < 4.78 is 4.87. The Hall–Kier alpha value is -1.57. The van der Waals surface area contributed by atoms with Gasteiger partial charge in [0.05, 0.1) is 12.5 Å². The first kappa shape index (κ1) is 12.9. The number of ether oxygens (including phenoxy) is 1. The average Bonchev–Trinajstić information content (AvgIpc) is 2.93. The molecule has 1 aromatic rings. The fourth-order valence-electron chi connectivity index (χ4n) is 2.64. The first-order valence-electron chi connectivity index (χ1n) is 6.39. The topological polar surface area (TPSA) is 26.3 Å². The Morgan fingerprint density at radius 1 is 1.39 bits per heavy atom. The van der Waals surface area contributed by atoms with Crippen molar-refractivity contribution in [1.29, 1.82) is 0 Å². The highest BCUT2D eigenvalue weighted by molar-refractivity contribution is 5.81. The number of carbonyl (C=O) groups excluding carboxylic acids is 1. The second-order valence-electron chi connectivity index (χ2n) is 5.21. The second kappa shape index (κ2) is 4.97. The zero-order chi connectivity index (χ0) is 13.2. The van der Waals surface area contributed by atoms with Crippen LogP contribution in [0.3, 0.4) is 0 Å². The van der Waals surface area contributed by atoms with Gasteiger partial charge in [-0.3, -0.25) is 4.79 Å². The van der Waals surface area contributed by atoms with Crippen molar-refractivity contribution >= 4 is 5.97 Å². The predicted octanol–water partition coefficient (Wildman–Crippen LogP) is 3.23. The summed E-state index contributed by atoms with van der Waals surface area (Å²) in [6.45, 7) is 4.09. The number of hydrogen-bond acceptors (Lipinski definition) is 2. The second-order valence-corrected chi connectivity index (χ2v) is 5.21. The normalized spacial score (nSPS) is 30.4. The molecule has 1 fully saturated rings. The van der Waals surface area contributed by atoms with E-state index in [4.69, 9.17) is 4.74 Å². The Morgan fingerprint density at radius 2 is 2.06 bits per heavy atom. The molecule has 1 aliphatic rings. The minimum absolute atomic E-state index is 0.0932. The molecule has 0 heterocycles. The third kappa shape index (κ3) is 2.20. The smallest absolute Gasteiger partial charge is 0.312 e. The quantitative estimate of drug-likeness (QED) is 0.600. The highest BCUT2D eigenvalue weighted by Crippen LogP contribution is 2.59. The molecule has 2 heteroatoms. The fourth-order valence-corrected chi connectivity index (χ4v) is 2.64. The van der Waals surface area contributed by atoms with Crippen molar-refractivity contribution in [1.82, 2.24) is 0 Å². The van der Waals surface area contributed by atoms with Crippen LogP contribution in [0.25, 0.3) is 0 Å². The molecule has 3 atom stereocenters. The molecule has 0 aromatic heterocycles. The van der Waals surface area contributed by atoms with Gasteiger partial charge in [-0.1, -0.05) is 49.4 Å². The summed E-state index contributed by atoms with van der Waals surface area (Å²) in [5.41, 5.74) is 0.976. The molecular formula is C16H20O2. The number of esters is 1. The summed E-state index contributed by atoms with van der Waals surface area (Å²) in [6.07, 6.45) is 5.24. The van der Waals surface area contributed by atoms with Crippen LogP contribution in [-0.2, 0) is 16.0 Å². The molecule has 0 bridgehead atoms. The van der Waals surface area contributed by atoms with Gasteiger partial charge in [-0.15, -0.1) is 0 Å². The largest absolute Gasteiger partial charge is 0.469 e. The Bertz CT molecular complexity index is 449. The third-order valence-electron chi connectivity index (χ3n) is 4.23. The molecule has 0 saturated heterocycles. The highest BCUT2D eigenvalue weighted by atomic mass is 16.5. The molecule has 0 radical (unpaired) electrons. The number of allylic oxidation sites excluding steroid dienone is 2. The van der Waals surface area contributed by atoms with E-state index in [1.807, 2.05) is 25.1 Å². The molecule has 0 amide bonds. The van der Waals surface area contributed by atoms with E-state index in [1.54, 1.807) is 0 Å². The van der Waals surface area contributed by atoms with Crippen LogP contribution in [0.15, 0.2) is 42.5 Å². The lowest BCUT2D eigenvalue weighted by Crippen LogP contribution is -2.16. The maximum atomic E-state index is 11.7. The molecule has 2 rings (SSSR count). The van der Waals surface area contributed by atoms with Crippen molar-refractivity contribution < 1.29 is 9.53 Å². The summed E-state index contributed by atoms with van der Waals surface area (Å²) in [7, 11) is 1.46.